The topological polar surface area (TPSA) is 12.4 Å². The van der Waals surface area contributed by atoms with Gasteiger partial charge in [-0.1, -0.05) is 11.6 Å². The third kappa shape index (κ3) is 2.64. The van der Waals surface area contributed by atoms with Crippen molar-refractivity contribution in [3.63, 3.8) is 0 Å². The van der Waals surface area contributed by atoms with E-state index in [0.717, 1.165) is 5.69 Å². The molecule has 0 bridgehead atoms. The monoisotopic (exact) mass is 239 g/mol. The second kappa shape index (κ2) is 4.55. The molecule has 0 saturated heterocycles. The average Bonchev–Trinajstić information content (AvgIpc) is 2.69. The van der Waals surface area contributed by atoms with Crippen LogP contribution in [0.1, 0.15) is 5.56 Å². The Bertz CT molecular complexity index is 479. The van der Waals surface area contributed by atoms with Crippen molar-refractivity contribution in [3.8, 4) is 0 Å². The third-order valence-corrected chi connectivity index (χ3v) is 2.82. The van der Waals surface area contributed by atoms with Crippen LogP contribution >= 0.6 is 22.9 Å². The predicted molar refractivity (Wildman–Crippen MR) is 63.0 cm³/mol. The highest BCUT2D eigenvalue weighted by Gasteiger charge is 1.98. The number of nitrogens with zero attached hydrogens (tertiary/aromatic N) is 1. The summed E-state index contributed by atoms with van der Waals surface area (Å²) in [5.74, 6) is -0.340. The van der Waals surface area contributed by atoms with Crippen molar-refractivity contribution in [1.82, 2.24) is 0 Å². The number of thiophene rings is 1. The summed E-state index contributed by atoms with van der Waals surface area (Å²) >= 11 is 7.42. The van der Waals surface area contributed by atoms with Crippen LogP contribution in [-0.4, -0.2) is 6.21 Å². The third-order valence-electron chi connectivity index (χ3n) is 1.82. The molecule has 76 valence electrons. The zero-order valence-electron chi connectivity index (χ0n) is 7.65. The van der Waals surface area contributed by atoms with Gasteiger partial charge in [-0.3, -0.25) is 4.99 Å². The van der Waals surface area contributed by atoms with Crippen LogP contribution in [0.3, 0.4) is 0 Å². The molecule has 0 fully saturated rings. The first-order valence-corrected chi connectivity index (χ1v) is 5.59. The van der Waals surface area contributed by atoms with E-state index in [1.165, 1.54) is 12.1 Å². The summed E-state index contributed by atoms with van der Waals surface area (Å²) in [6.07, 6.45) is 1.63. The molecule has 1 aromatic carbocycles. The number of rotatable bonds is 2. The number of hydrogen-bond donors (Lipinski definition) is 0. The van der Waals surface area contributed by atoms with E-state index in [9.17, 15) is 4.39 Å². The van der Waals surface area contributed by atoms with Crippen molar-refractivity contribution in [2.45, 2.75) is 0 Å². The van der Waals surface area contributed by atoms with E-state index in [1.54, 1.807) is 23.6 Å². The maximum atomic E-state index is 12.7. The van der Waals surface area contributed by atoms with Crippen LogP contribution in [0.25, 0.3) is 0 Å². The minimum atomic E-state index is -0.340. The average molecular weight is 240 g/mol. The normalized spacial score (nSPS) is 11.1. The van der Waals surface area contributed by atoms with Gasteiger partial charge in [0.2, 0.25) is 0 Å². The molecule has 0 spiro atoms. The fourth-order valence-corrected chi connectivity index (χ4v) is 1.87. The van der Waals surface area contributed by atoms with Gasteiger partial charge in [0.05, 0.1) is 10.7 Å². The van der Waals surface area contributed by atoms with E-state index in [2.05, 4.69) is 4.99 Å². The van der Waals surface area contributed by atoms with Crippen LogP contribution in [0, 0.1) is 5.82 Å². The Balaban J connectivity index is 2.24. The number of aliphatic imine (C=N–C) groups is 1. The predicted octanol–water partition coefficient (Wildman–Crippen LogP) is 4.29. The lowest BCUT2D eigenvalue weighted by atomic mass is 10.2. The number of halogens is 2. The van der Waals surface area contributed by atoms with Gasteiger partial charge in [-0.2, -0.15) is 11.3 Å². The summed E-state index contributed by atoms with van der Waals surface area (Å²) < 4.78 is 12.7. The molecule has 1 aromatic heterocycles. The molecular formula is C11H7ClFNS. The van der Waals surface area contributed by atoms with Crippen LogP contribution in [0.4, 0.5) is 10.1 Å². The highest BCUT2D eigenvalue weighted by atomic mass is 35.5. The van der Waals surface area contributed by atoms with E-state index in [0.29, 0.717) is 10.6 Å². The summed E-state index contributed by atoms with van der Waals surface area (Å²) in [4.78, 5) is 4.21. The summed E-state index contributed by atoms with van der Waals surface area (Å²) in [6.45, 7) is 0. The first-order chi connectivity index (χ1) is 7.25. The molecule has 15 heavy (non-hydrogen) atoms. The molecule has 0 aliphatic heterocycles. The van der Waals surface area contributed by atoms with Crippen molar-refractivity contribution in [3.05, 3.63) is 51.4 Å². The lowest BCUT2D eigenvalue weighted by molar-refractivity contribution is 0.628. The maximum Gasteiger partial charge on any atom is 0.124 e. The van der Waals surface area contributed by atoms with Crippen molar-refractivity contribution in [1.29, 1.82) is 0 Å². The maximum absolute atomic E-state index is 12.7. The highest BCUT2D eigenvalue weighted by Crippen LogP contribution is 2.18. The molecule has 0 atom stereocenters. The standard InChI is InChI=1S/C11H7ClFNS/c12-11-5-9(13)2-1-8(11)6-14-10-3-4-15-7-10/h1-7H. The molecule has 0 radical (unpaired) electrons. The van der Waals surface area contributed by atoms with Crippen LogP contribution < -0.4 is 0 Å². The summed E-state index contributed by atoms with van der Waals surface area (Å²) in [5.41, 5.74) is 1.59. The molecule has 2 aromatic rings. The van der Waals surface area contributed by atoms with Gasteiger partial charge < -0.3 is 0 Å². The Kier molecular flexibility index (Phi) is 3.14. The van der Waals surface area contributed by atoms with Gasteiger partial charge in [0.1, 0.15) is 5.82 Å². The van der Waals surface area contributed by atoms with E-state index >= 15 is 0 Å². The second-order valence-electron chi connectivity index (χ2n) is 2.91. The highest BCUT2D eigenvalue weighted by molar-refractivity contribution is 7.08. The zero-order chi connectivity index (χ0) is 10.7. The van der Waals surface area contributed by atoms with E-state index in [-0.39, 0.29) is 5.82 Å². The molecule has 0 saturated carbocycles. The van der Waals surface area contributed by atoms with Gasteiger partial charge in [-0.25, -0.2) is 4.39 Å². The fourth-order valence-electron chi connectivity index (χ4n) is 1.08. The van der Waals surface area contributed by atoms with Crippen LogP contribution in [-0.2, 0) is 0 Å². The fraction of sp³-hybridized carbons (Fsp3) is 0. The minimum absolute atomic E-state index is 0.340. The van der Waals surface area contributed by atoms with Crippen molar-refractivity contribution in [2.24, 2.45) is 4.99 Å². The molecule has 4 heteroatoms. The van der Waals surface area contributed by atoms with Crippen molar-refractivity contribution < 1.29 is 4.39 Å². The largest absolute Gasteiger partial charge is 0.255 e. The Morgan fingerprint density at radius 3 is 2.87 bits per heavy atom. The Morgan fingerprint density at radius 2 is 2.20 bits per heavy atom. The number of hydrogen-bond acceptors (Lipinski definition) is 2. The molecule has 1 heterocycles. The molecular weight excluding hydrogens is 233 g/mol. The molecule has 0 aliphatic rings. The first kappa shape index (κ1) is 10.3. The summed E-state index contributed by atoms with van der Waals surface area (Å²) in [5, 5.41) is 4.24. The lowest BCUT2D eigenvalue weighted by Gasteiger charge is -1.96. The molecule has 1 nitrogen and oxygen atoms in total. The van der Waals surface area contributed by atoms with Crippen LogP contribution in [0.15, 0.2) is 40.0 Å². The van der Waals surface area contributed by atoms with Gasteiger partial charge in [-0.05, 0) is 29.6 Å². The van der Waals surface area contributed by atoms with Gasteiger partial charge in [0.25, 0.3) is 0 Å². The summed E-state index contributed by atoms with van der Waals surface area (Å²) in [7, 11) is 0. The minimum Gasteiger partial charge on any atom is -0.255 e. The van der Waals surface area contributed by atoms with Gasteiger partial charge in [0.15, 0.2) is 0 Å². The van der Waals surface area contributed by atoms with E-state index < -0.39 is 0 Å². The molecule has 0 amide bonds. The Hall–Kier alpha value is -1.19. The lowest BCUT2D eigenvalue weighted by Crippen LogP contribution is -1.83. The summed E-state index contributed by atoms with van der Waals surface area (Å²) in [6, 6.07) is 6.14. The smallest absolute Gasteiger partial charge is 0.124 e. The SMILES string of the molecule is Fc1ccc(C=Nc2ccsc2)c(Cl)c1. The Labute approximate surface area is 95.9 Å². The van der Waals surface area contributed by atoms with E-state index in [1.807, 2.05) is 16.8 Å². The molecule has 0 unspecified atom stereocenters. The van der Waals surface area contributed by atoms with Crippen LogP contribution in [0.2, 0.25) is 5.02 Å². The quantitative estimate of drug-likeness (QED) is 0.694. The van der Waals surface area contributed by atoms with Gasteiger partial charge in [-0.15, -0.1) is 0 Å². The van der Waals surface area contributed by atoms with Crippen molar-refractivity contribution >= 4 is 34.8 Å². The van der Waals surface area contributed by atoms with E-state index in [4.69, 9.17) is 11.6 Å². The second-order valence-corrected chi connectivity index (χ2v) is 4.09. The molecule has 0 N–H and O–H groups in total. The van der Waals surface area contributed by atoms with Crippen molar-refractivity contribution in [2.75, 3.05) is 0 Å². The van der Waals surface area contributed by atoms with Crippen LogP contribution in [0.5, 0.6) is 0 Å². The Morgan fingerprint density at radius 1 is 1.33 bits per heavy atom. The van der Waals surface area contributed by atoms with Gasteiger partial charge in [0, 0.05) is 17.2 Å². The molecule has 0 aliphatic carbocycles. The number of benzene rings is 1. The zero-order valence-corrected chi connectivity index (χ0v) is 9.23. The van der Waals surface area contributed by atoms with Gasteiger partial charge >= 0.3 is 0 Å². The first-order valence-electron chi connectivity index (χ1n) is 4.27. The molecule has 2 rings (SSSR count).